The number of ketones is 1. The second-order valence-electron chi connectivity index (χ2n) is 5.82. The van der Waals surface area contributed by atoms with E-state index in [1.165, 1.54) is 10.6 Å². The minimum atomic E-state index is 0.162. The lowest BCUT2D eigenvalue weighted by molar-refractivity contribution is -0.116. The predicted octanol–water partition coefficient (Wildman–Crippen LogP) is 4.27. The first kappa shape index (κ1) is 16.7. The second kappa shape index (κ2) is 7.05. The van der Waals surface area contributed by atoms with Gasteiger partial charge in [-0.2, -0.15) is 0 Å². The van der Waals surface area contributed by atoms with Crippen LogP contribution in [0.15, 0.2) is 29.3 Å². The van der Waals surface area contributed by atoms with Gasteiger partial charge in [0.2, 0.25) is 0 Å². The van der Waals surface area contributed by atoms with Crippen LogP contribution in [0.3, 0.4) is 0 Å². The third-order valence-corrected chi connectivity index (χ3v) is 5.52. The summed E-state index contributed by atoms with van der Waals surface area (Å²) < 4.78 is 2.15. The first-order valence-electron chi connectivity index (χ1n) is 7.72. The van der Waals surface area contributed by atoms with Crippen molar-refractivity contribution in [1.29, 1.82) is 0 Å². The van der Waals surface area contributed by atoms with E-state index in [0.29, 0.717) is 12.3 Å². The number of carbonyl (C=O) groups is 1. The smallest absolute Gasteiger partial charge is 0.190 e. The van der Waals surface area contributed by atoms with Gasteiger partial charge in [0.1, 0.15) is 5.78 Å². The number of hydrogen-bond acceptors (Lipinski definition) is 3. The number of para-hydroxylation sites is 1. The molecule has 22 heavy (non-hydrogen) atoms. The van der Waals surface area contributed by atoms with Crippen LogP contribution in [0.4, 0.5) is 5.69 Å². The molecule has 1 heterocycles. The van der Waals surface area contributed by atoms with Crippen molar-refractivity contribution in [2.75, 3.05) is 0 Å². The van der Waals surface area contributed by atoms with Gasteiger partial charge in [0.25, 0.3) is 0 Å². The van der Waals surface area contributed by atoms with Crippen LogP contribution in [-0.2, 0) is 18.3 Å². The maximum absolute atomic E-state index is 11.4. The molecule has 0 amide bonds. The largest absolute Gasteiger partial charge is 0.324 e. The quantitative estimate of drug-likeness (QED) is 0.811. The number of hydrogen-bond donors (Lipinski definition) is 0. The topological polar surface area (TPSA) is 34.4 Å². The van der Waals surface area contributed by atoms with Crippen LogP contribution < -0.4 is 4.80 Å². The number of thiazole rings is 1. The number of nitrogens with zero attached hydrogens (tertiary/aromatic N) is 2. The summed E-state index contributed by atoms with van der Waals surface area (Å²) in [7, 11) is 2.06. The predicted molar refractivity (Wildman–Crippen MR) is 92.8 cm³/mol. The summed E-state index contributed by atoms with van der Waals surface area (Å²) >= 11 is 1.75. The van der Waals surface area contributed by atoms with E-state index in [2.05, 4.69) is 32.4 Å². The Balaban J connectivity index is 2.53. The summed E-state index contributed by atoms with van der Waals surface area (Å²) in [5, 5.41) is 0. The molecule has 1 aromatic carbocycles. The molecule has 1 unspecified atom stereocenters. The van der Waals surface area contributed by atoms with Gasteiger partial charge in [-0.3, -0.25) is 4.79 Å². The van der Waals surface area contributed by atoms with Crippen molar-refractivity contribution in [3.05, 3.63) is 45.2 Å². The van der Waals surface area contributed by atoms with Crippen molar-refractivity contribution >= 4 is 22.8 Å². The highest BCUT2D eigenvalue weighted by atomic mass is 32.1. The lowest BCUT2D eigenvalue weighted by atomic mass is 10.1. The summed E-state index contributed by atoms with van der Waals surface area (Å²) in [6, 6.07) is 7.90. The molecule has 2 rings (SSSR count). The molecule has 2 aromatic rings. The summed E-state index contributed by atoms with van der Waals surface area (Å²) in [5.41, 5.74) is 3.17. The molecular weight excluding hydrogens is 292 g/mol. The standard InChI is InChI=1S/C18H24N2OS/c1-6-12(2)17-14(4)20(5)18(22-17)19-16-10-8-7-9-15(16)11-13(3)21/h7-10,12H,6,11H2,1-5H3. The number of benzene rings is 1. The fourth-order valence-electron chi connectivity index (χ4n) is 2.43. The van der Waals surface area contributed by atoms with E-state index < -0.39 is 0 Å². The number of rotatable bonds is 5. The third-order valence-electron chi connectivity index (χ3n) is 4.05. The Kier molecular flexibility index (Phi) is 5.35. The van der Waals surface area contributed by atoms with Crippen molar-refractivity contribution in [2.45, 2.75) is 46.5 Å². The van der Waals surface area contributed by atoms with Gasteiger partial charge >= 0.3 is 0 Å². The molecule has 0 spiro atoms. The van der Waals surface area contributed by atoms with Gasteiger partial charge in [-0.05, 0) is 37.8 Å². The second-order valence-corrected chi connectivity index (χ2v) is 6.83. The minimum absolute atomic E-state index is 0.162. The lowest BCUT2D eigenvalue weighted by Gasteiger charge is -2.06. The monoisotopic (exact) mass is 316 g/mol. The third kappa shape index (κ3) is 3.55. The average Bonchev–Trinajstić information content (AvgIpc) is 2.76. The van der Waals surface area contributed by atoms with E-state index in [4.69, 9.17) is 4.99 Å². The summed E-state index contributed by atoms with van der Waals surface area (Å²) in [6.07, 6.45) is 1.56. The molecule has 0 fully saturated rings. The molecule has 0 radical (unpaired) electrons. The fraction of sp³-hybridized carbons (Fsp3) is 0.444. The van der Waals surface area contributed by atoms with Crippen LogP contribution in [0.1, 0.15) is 49.2 Å². The van der Waals surface area contributed by atoms with Gasteiger partial charge in [0, 0.05) is 24.0 Å². The Morgan fingerprint density at radius 2 is 2.05 bits per heavy atom. The van der Waals surface area contributed by atoms with Crippen molar-refractivity contribution in [2.24, 2.45) is 12.0 Å². The summed E-state index contributed by atoms with van der Waals surface area (Å²) in [6.45, 7) is 8.24. The maximum Gasteiger partial charge on any atom is 0.190 e. The molecule has 1 aromatic heterocycles. The molecule has 0 aliphatic rings. The molecule has 0 saturated carbocycles. The van der Waals surface area contributed by atoms with Gasteiger partial charge in [-0.25, -0.2) is 4.99 Å². The number of carbonyl (C=O) groups excluding carboxylic acids is 1. The van der Waals surface area contributed by atoms with E-state index in [1.807, 2.05) is 24.3 Å². The molecule has 1 atom stereocenters. The zero-order valence-electron chi connectivity index (χ0n) is 14.0. The summed E-state index contributed by atoms with van der Waals surface area (Å²) in [5.74, 6) is 0.710. The highest BCUT2D eigenvalue weighted by molar-refractivity contribution is 7.09. The molecule has 3 nitrogen and oxygen atoms in total. The van der Waals surface area contributed by atoms with Crippen LogP contribution >= 0.6 is 11.3 Å². The normalized spacial score (nSPS) is 13.4. The van der Waals surface area contributed by atoms with Gasteiger partial charge < -0.3 is 4.57 Å². The van der Waals surface area contributed by atoms with Crippen molar-refractivity contribution in [3.8, 4) is 0 Å². The number of Topliss-reactive ketones (excluding diaryl/α,β-unsaturated/α-hetero) is 1. The molecular formula is C18H24N2OS. The highest BCUT2D eigenvalue weighted by Gasteiger charge is 2.13. The van der Waals surface area contributed by atoms with Crippen LogP contribution in [0.5, 0.6) is 0 Å². The van der Waals surface area contributed by atoms with Crippen LogP contribution in [-0.4, -0.2) is 10.4 Å². The van der Waals surface area contributed by atoms with Gasteiger partial charge in [0.15, 0.2) is 4.80 Å². The van der Waals surface area contributed by atoms with E-state index >= 15 is 0 Å². The van der Waals surface area contributed by atoms with E-state index in [-0.39, 0.29) is 5.78 Å². The zero-order valence-corrected chi connectivity index (χ0v) is 14.8. The molecule has 0 N–H and O–H groups in total. The van der Waals surface area contributed by atoms with Gasteiger partial charge in [0.05, 0.1) is 5.69 Å². The minimum Gasteiger partial charge on any atom is -0.324 e. The molecule has 0 aliphatic heterocycles. The van der Waals surface area contributed by atoms with Crippen LogP contribution in [0, 0.1) is 6.92 Å². The van der Waals surface area contributed by atoms with Crippen LogP contribution in [0.2, 0.25) is 0 Å². The first-order valence-corrected chi connectivity index (χ1v) is 8.54. The van der Waals surface area contributed by atoms with Gasteiger partial charge in [-0.1, -0.05) is 32.0 Å². The van der Waals surface area contributed by atoms with E-state index in [1.54, 1.807) is 18.3 Å². The molecule has 0 saturated heterocycles. The Labute approximate surface area is 136 Å². The Hall–Kier alpha value is -1.68. The van der Waals surface area contributed by atoms with Crippen molar-refractivity contribution < 1.29 is 4.79 Å². The Morgan fingerprint density at radius 1 is 1.36 bits per heavy atom. The fourth-order valence-corrected chi connectivity index (χ4v) is 3.70. The number of aromatic nitrogens is 1. The Bertz CT molecular complexity index is 740. The van der Waals surface area contributed by atoms with Crippen molar-refractivity contribution in [3.63, 3.8) is 0 Å². The van der Waals surface area contributed by atoms with E-state index in [0.717, 1.165) is 22.5 Å². The molecule has 0 bridgehead atoms. The van der Waals surface area contributed by atoms with Crippen LogP contribution in [0.25, 0.3) is 0 Å². The van der Waals surface area contributed by atoms with Gasteiger partial charge in [-0.15, -0.1) is 11.3 Å². The molecule has 0 aliphatic carbocycles. The molecule has 4 heteroatoms. The van der Waals surface area contributed by atoms with E-state index in [9.17, 15) is 4.79 Å². The molecule has 118 valence electrons. The Morgan fingerprint density at radius 3 is 2.68 bits per heavy atom. The SMILES string of the molecule is CCC(C)c1sc(=Nc2ccccc2CC(C)=O)n(C)c1C. The zero-order chi connectivity index (χ0) is 16.3. The summed E-state index contributed by atoms with van der Waals surface area (Å²) in [4.78, 5) is 18.6. The lowest BCUT2D eigenvalue weighted by Crippen LogP contribution is -2.11. The van der Waals surface area contributed by atoms with Crippen molar-refractivity contribution in [1.82, 2.24) is 4.57 Å². The average molecular weight is 316 g/mol. The first-order chi connectivity index (χ1) is 10.4. The maximum atomic E-state index is 11.4. The highest BCUT2D eigenvalue weighted by Crippen LogP contribution is 2.26.